The fourth-order valence-electron chi connectivity index (χ4n) is 5.29. The van der Waals surface area contributed by atoms with Gasteiger partial charge in [-0.15, -0.1) is 0 Å². The lowest BCUT2D eigenvalue weighted by Gasteiger charge is -2.19. The number of methoxy groups -OCH3 is 1. The van der Waals surface area contributed by atoms with Crippen molar-refractivity contribution in [3.8, 4) is 5.75 Å². The Labute approximate surface area is 261 Å². The number of rotatable bonds is 12. The van der Waals surface area contributed by atoms with Gasteiger partial charge in [0.1, 0.15) is 5.75 Å². The van der Waals surface area contributed by atoms with Crippen molar-refractivity contribution in [2.75, 3.05) is 35.7 Å². The van der Waals surface area contributed by atoms with E-state index in [1.54, 1.807) is 77.7 Å². The van der Waals surface area contributed by atoms with E-state index >= 15 is 0 Å². The molecule has 3 amide bonds. The largest absolute Gasteiger partial charge is 0.495 e. The van der Waals surface area contributed by atoms with E-state index in [1.165, 1.54) is 7.11 Å². The van der Waals surface area contributed by atoms with Crippen molar-refractivity contribution >= 4 is 40.8 Å². The lowest BCUT2D eigenvalue weighted by Crippen LogP contribution is -2.33. The van der Waals surface area contributed by atoms with Crippen molar-refractivity contribution in [1.82, 2.24) is 5.32 Å². The van der Waals surface area contributed by atoms with Gasteiger partial charge in [0.2, 0.25) is 0 Å². The van der Waals surface area contributed by atoms with Crippen molar-refractivity contribution < 1.29 is 29.0 Å². The van der Waals surface area contributed by atoms with E-state index in [0.717, 1.165) is 23.2 Å². The maximum atomic E-state index is 13.0. The fourth-order valence-corrected chi connectivity index (χ4v) is 5.29. The van der Waals surface area contributed by atoms with Crippen molar-refractivity contribution in [3.63, 3.8) is 0 Å². The summed E-state index contributed by atoms with van der Waals surface area (Å²) >= 11 is 0. The van der Waals surface area contributed by atoms with Gasteiger partial charge in [-0.2, -0.15) is 0 Å². The summed E-state index contributed by atoms with van der Waals surface area (Å²) in [4.78, 5) is 51.9. The van der Waals surface area contributed by atoms with Crippen LogP contribution in [0.4, 0.5) is 21.9 Å². The summed E-state index contributed by atoms with van der Waals surface area (Å²) in [5, 5.41) is 18.3. The number of hydrogen-bond acceptors (Lipinski definition) is 6. The van der Waals surface area contributed by atoms with Crippen LogP contribution in [0.2, 0.25) is 0 Å². The molecule has 10 nitrogen and oxygen atoms in total. The Balaban J connectivity index is 1.19. The van der Waals surface area contributed by atoms with Crippen molar-refractivity contribution in [2.45, 2.75) is 25.3 Å². The molecular formula is C35H34N4O6. The minimum atomic E-state index is -1.05. The zero-order valence-electron chi connectivity index (χ0n) is 24.8. The predicted octanol–water partition coefficient (Wildman–Crippen LogP) is 5.46. The molecule has 1 heterocycles. The molecule has 230 valence electrons. The van der Waals surface area contributed by atoms with Gasteiger partial charge >= 0.3 is 12.0 Å². The number of aliphatic carboxylic acids is 1. The number of nitrogens with one attached hydrogen (secondary N) is 3. The van der Waals surface area contributed by atoms with Gasteiger partial charge in [-0.25, -0.2) is 4.79 Å². The molecule has 0 aliphatic carbocycles. The molecule has 1 atom stereocenters. The summed E-state index contributed by atoms with van der Waals surface area (Å²) < 4.78 is 5.52. The molecule has 0 saturated heterocycles. The summed E-state index contributed by atoms with van der Waals surface area (Å²) in [5.41, 5.74) is 4.89. The first-order valence-corrected chi connectivity index (χ1v) is 14.6. The third kappa shape index (κ3) is 7.85. The summed E-state index contributed by atoms with van der Waals surface area (Å²) in [7, 11) is 1.51. The second kappa shape index (κ2) is 14.2. The highest BCUT2D eigenvalue weighted by Crippen LogP contribution is 2.31. The minimum absolute atomic E-state index is 0.0264. The number of carbonyl (C=O) groups is 4. The molecule has 0 fully saturated rings. The zero-order chi connectivity index (χ0) is 31.8. The molecule has 1 aliphatic rings. The first-order valence-electron chi connectivity index (χ1n) is 14.6. The second-order valence-corrected chi connectivity index (χ2v) is 10.7. The fraction of sp³-hybridized carbons (Fsp3) is 0.200. The van der Waals surface area contributed by atoms with Crippen LogP contribution in [0, 0.1) is 0 Å². The number of nitrogens with zero attached hydrogens (tertiary/aromatic N) is 1. The lowest BCUT2D eigenvalue weighted by atomic mass is 10.0. The Morgan fingerprint density at radius 1 is 0.911 bits per heavy atom. The molecule has 0 bridgehead atoms. The van der Waals surface area contributed by atoms with Crippen LogP contribution in [0.25, 0.3) is 0 Å². The van der Waals surface area contributed by atoms with Crippen LogP contribution >= 0.6 is 0 Å². The summed E-state index contributed by atoms with van der Waals surface area (Å²) in [6.07, 6.45) is 0.629. The molecule has 0 saturated carbocycles. The smallest absolute Gasteiger partial charge is 0.326 e. The number of ether oxygens (including phenoxy) is 1. The molecule has 10 heteroatoms. The maximum absolute atomic E-state index is 13.0. The monoisotopic (exact) mass is 606 g/mol. The highest BCUT2D eigenvalue weighted by atomic mass is 16.5. The van der Waals surface area contributed by atoms with Crippen LogP contribution in [0.15, 0.2) is 97.1 Å². The van der Waals surface area contributed by atoms with Gasteiger partial charge < -0.3 is 25.8 Å². The average molecular weight is 607 g/mol. The molecule has 1 unspecified atom stereocenters. The Morgan fingerprint density at radius 3 is 2.47 bits per heavy atom. The first kappa shape index (κ1) is 30.8. The van der Waals surface area contributed by atoms with Gasteiger partial charge in [0.25, 0.3) is 5.91 Å². The van der Waals surface area contributed by atoms with Crippen LogP contribution in [0.3, 0.4) is 0 Å². The van der Waals surface area contributed by atoms with E-state index < -0.39 is 12.0 Å². The molecule has 0 radical (unpaired) electrons. The highest BCUT2D eigenvalue weighted by molar-refractivity contribution is 6.04. The maximum Gasteiger partial charge on any atom is 0.326 e. The number of carbonyl (C=O) groups excluding carboxylic acids is 3. The summed E-state index contributed by atoms with van der Waals surface area (Å²) in [6, 6.07) is 27.6. The van der Waals surface area contributed by atoms with Crippen LogP contribution in [-0.2, 0) is 22.4 Å². The quantitative estimate of drug-likeness (QED) is 0.168. The third-order valence-corrected chi connectivity index (χ3v) is 7.54. The number of hydrogen-bond donors (Lipinski definition) is 4. The van der Waals surface area contributed by atoms with Gasteiger partial charge in [0.15, 0.2) is 5.78 Å². The molecule has 4 N–H and O–H groups in total. The summed E-state index contributed by atoms with van der Waals surface area (Å²) in [5.74, 6) is -1.07. The van der Waals surface area contributed by atoms with E-state index in [2.05, 4.69) is 16.0 Å². The topological polar surface area (TPSA) is 137 Å². The van der Waals surface area contributed by atoms with Gasteiger partial charge in [0, 0.05) is 29.9 Å². The van der Waals surface area contributed by atoms with Crippen LogP contribution < -0.4 is 25.6 Å². The third-order valence-electron chi connectivity index (χ3n) is 7.54. The standard InChI is InChI=1S/C35H34N4O6/c1-45-32-19-23(14-15-29(32)38-35(44)39-17-16-24-8-5-6-13-31(24)39)18-28(40)22-36-27-12-7-11-26(20-27)30(21-33(41)42)37-34(43)25-9-3-2-4-10-25/h2-15,19-20,30,36H,16-18,21-22H2,1H3,(H,37,43)(H,38,44)(H,41,42). The number of benzene rings is 4. The van der Waals surface area contributed by atoms with Gasteiger partial charge in [-0.05, 0) is 65.6 Å². The Morgan fingerprint density at radius 2 is 1.69 bits per heavy atom. The molecule has 5 rings (SSSR count). The lowest BCUT2D eigenvalue weighted by molar-refractivity contribution is -0.137. The number of Topliss-reactive ketones (excluding diaryl/α,β-unsaturated/α-hetero) is 1. The molecular weight excluding hydrogens is 572 g/mol. The van der Waals surface area contributed by atoms with E-state index in [0.29, 0.717) is 34.8 Å². The molecule has 4 aromatic carbocycles. The molecule has 45 heavy (non-hydrogen) atoms. The van der Waals surface area contributed by atoms with Crippen molar-refractivity contribution in [3.05, 3.63) is 119 Å². The van der Waals surface area contributed by atoms with Gasteiger partial charge in [-0.1, -0.05) is 54.6 Å². The highest BCUT2D eigenvalue weighted by Gasteiger charge is 2.25. The SMILES string of the molecule is COc1cc(CC(=O)CNc2cccc(C(CC(=O)O)NC(=O)c3ccccc3)c2)ccc1NC(=O)N1CCc2ccccc21. The average Bonchev–Trinajstić information content (AvgIpc) is 3.49. The van der Waals surface area contributed by atoms with Crippen molar-refractivity contribution in [2.24, 2.45) is 0 Å². The number of carboxylic acids is 1. The van der Waals surface area contributed by atoms with Crippen LogP contribution in [-0.4, -0.2) is 49.0 Å². The predicted molar refractivity (Wildman–Crippen MR) is 172 cm³/mol. The Bertz CT molecular complexity index is 1710. The number of carboxylic acid groups (broad SMARTS) is 1. The molecule has 4 aromatic rings. The second-order valence-electron chi connectivity index (χ2n) is 10.7. The number of urea groups is 1. The minimum Gasteiger partial charge on any atom is -0.495 e. The van der Waals surface area contributed by atoms with E-state index in [-0.39, 0.29) is 37.1 Å². The van der Waals surface area contributed by atoms with Gasteiger partial charge in [0.05, 0.1) is 31.8 Å². The van der Waals surface area contributed by atoms with E-state index in [9.17, 15) is 24.3 Å². The number of ketones is 1. The number of amides is 3. The normalized spacial score (nSPS) is 12.5. The Hall–Kier alpha value is -5.64. The van der Waals surface area contributed by atoms with Crippen LogP contribution in [0.5, 0.6) is 5.75 Å². The number of fused-ring (bicyclic) bond motifs is 1. The molecule has 0 aromatic heterocycles. The van der Waals surface area contributed by atoms with Crippen molar-refractivity contribution in [1.29, 1.82) is 0 Å². The zero-order valence-corrected chi connectivity index (χ0v) is 24.8. The number of para-hydroxylation sites is 1. The molecule has 0 spiro atoms. The van der Waals surface area contributed by atoms with E-state index in [4.69, 9.17) is 4.74 Å². The number of anilines is 3. The Kier molecular flexibility index (Phi) is 9.74. The van der Waals surface area contributed by atoms with E-state index in [1.807, 2.05) is 24.3 Å². The summed E-state index contributed by atoms with van der Waals surface area (Å²) in [6.45, 7) is 0.622. The first-order chi connectivity index (χ1) is 21.8. The van der Waals surface area contributed by atoms with Crippen LogP contribution in [0.1, 0.15) is 39.5 Å². The van der Waals surface area contributed by atoms with Gasteiger partial charge in [-0.3, -0.25) is 19.3 Å². The molecule has 1 aliphatic heterocycles.